The van der Waals surface area contributed by atoms with Crippen LogP contribution in [-0.4, -0.2) is 37.3 Å². The molecule has 0 unspecified atom stereocenters. The third-order valence-corrected chi connectivity index (χ3v) is 4.59. The standard InChI is InChI=1S/C13H22N2O4S/c1-10(2)19-6-5-14-20(17,18)13-7-12(9-16)15(8-13)11-3-4-11/h7-8,10-11,14,16H,3-6,9H2,1-2H3. The largest absolute Gasteiger partial charge is 0.390 e. The first kappa shape index (κ1) is 15.5. The molecule has 0 radical (unpaired) electrons. The number of nitrogens with zero attached hydrogens (tertiary/aromatic N) is 1. The van der Waals surface area contributed by atoms with E-state index in [1.54, 1.807) is 6.20 Å². The predicted molar refractivity (Wildman–Crippen MR) is 74.9 cm³/mol. The number of aliphatic hydroxyl groups is 1. The zero-order chi connectivity index (χ0) is 14.8. The lowest BCUT2D eigenvalue weighted by molar-refractivity contribution is 0.0834. The number of rotatable bonds is 8. The van der Waals surface area contributed by atoms with Crippen LogP contribution in [0.1, 0.15) is 38.4 Å². The molecule has 0 aliphatic heterocycles. The number of aromatic nitrogens is 1. The van der Waals surface area contributed by atoms with Crippen molar-refractivity contribution < 1.29 is 18.3 Å². The highest BCUT2D eigenvalue weighted by atomic mass is 32.2. The zero-order valence-corrected chi connectivity index (χ0v) is 12.7. The molecule has 114 valence electrons. The van der Waals surface area contributed by atoms with Gasteiger partial charge in [-0.1, -0.05) is 0 Å². The molecule has 1 aliphatic carbocycles. The molecule has 20 heavy (non-hydrogen) atoms. The van der Waals surface area contributed by atoms with Crippen LogP contribution in [0.15, 0.2) is 17.2 Å². The zero-order valence-electron chi connectivity index (χ0n) is 11.9. The van der Waals surface area contributed by atoms with E-state index in [2.05, 4.69) is 4.72 Å². The van der Waals surface area contributed by atoms with Crippen LogP contribution in [-0.2, 0) is 21.4 Å². The fraction of sp³-hybridized carbons (Fsp3) is 0.692. The molecule has 1 fully saturated rings. The van der Waals surface area contributed by atoms with Gasteiger partial charge in [-0.2, -0.15) is 0 Å². The normalized spacial score (nSPS) is 16.0. The van der Waals surface area contributed by atoms with E-state index in [0.717, 1.165) is 12.8 Å². The molecule has 1 saturated carbocycles. The van der Waals surface area contributed by atoms with Crippen molar-refractivity contribution in [3.63, 3.8) is 0 Å². The average molecular weight is 302 g/mol. The molecular weight excluding hydrogens is 280 g/mol. The first-order valence-electron chi connectivity index (χ1n) is 6.87. The molecule has 1 aromatic rings. The summed E-state index contributed by atoms with van der Waals surface area (Å²) in [6.45, 7) is 4.23. The molecule has 0 amide bonds. The van der Waals surface area contributed by atoms with Crippen LogP contribution in [0, 0.1) is 0 Å². The van der Waals surface area contributed by atoms with Crippen molar-refractivity contribution >= 4 is 10.0 Å². The van der Waals surface area contributed by atoms with E-state index in [1.165, 1.54) is 6.07 Å². The summed E-state index contributed by atoms with van der Waals surface area (Å²) in [7, 11) is -3.54. The quantitative estimate of drug-likeness (QED) is 0.703. The molecule has 0 spiro atoms. The summed E-state index contributed by atoms with van der Waals surface area (Å²) < 4.78 is 33.9. The average Bonchev–Trinajstić information content (AvgIpc) is 3.13. The van der Waals surface area contributed by atoms with E-state index in [4.69, 9.17) is 4.74 Å². The first-order valence-corrected chi connectivity index (χ1v) is 8.35. The minimum atomic E-state index is -3.54. The van der Waals surface area contributed by atoms with E-state index in [9.17, 15) is 13.5 Å². The molecule has 2 rings (SSSR count). The van der Waals surface area contributed by atoms with Gasteiger partial charge in [0.1, 0.15) is 0 Å². The van der Waals surface area contributed by atoms with Crippen molar-refractivity contribution in [2.24, 2.45) is 0 Å². The highest BCUT2D eigenvalue weighted by molar-refractivity contribution is 7.89. The lowest BCUT2D eigenvalue weighted by Crippen LogP contribution is -2.28. The molecule has 0 atom stereocenters. The number of sulfonamides is 1. The van der Waals surface area contributed by atoms with Gasteiger partial charge in [-0.3, -0.25) is 0 Å². The van der Waals surface area contributed by atoms with Crippen LogP contribution in [0.4, 0.5) is 0 Å². The third-order valence-electron chi connectivity index (χ3n) is 3.16. The topological polar surface area (TPSA) is 80.6 Å². The van der Waals surface area contributed by atoms with E-state index < -0.39 is 10.0 Å². The Kier molecular flexibility index (Phi) is 4.85. The van der Waals surface area contributed by atoms with Gasteiger partial charge >= 0.3 is 0 Å². The maximum atomic E-state index is 12.1. The fourth-order valence-electron chi connectivity index (χ4n) is 2.02. The van der Waals surface area contributed by atoms with Gasteiger partial charge in [0.15, 0.2) is 0 Å². The van der Waals surface area contributed by atoms with Crippen LogP contribution >= 0.6 is 0 Å². The fourth-order valence-corrected chi connectivity index (χ4v) is 3.08. The minimum Gasteiger partial charge on any atom is -0.390 e. The van der Waals surface area contributed by atoms with Crippen molar-refractivity contribution in [2.45, 2.75) is 50.3 Å². The summed E-state index contributed by atoms with van der Waals surface area (Å²) in [6, 6.07) is 1.87. The highest BCUT2D eigenvalue weighted by Crippen LogP contribution is 2.37. The summed E-state index contributed by atoms with van der Waals surface area (Å²) in [5.41, 5.74) is 0.645. The van der Waals surface area contributed by atoms with Gasteiger partial charge < -0.3 is 14.4 Å². The Labute approximate surface area is 119 Å². The van der Waals surface area contributed by atoms with E-state index >= 15 is 0 Å². The summed E-state index contributed by atoms with van der Waals surface area (Å²) in [4.78, 5) is 0.206. The smallest absolute Gasteiger partial charge is 0.242 e. The molecule has 6 nitrogen and oxygen atoms in total. The maximum Gasteiger partial charge on any atom is 0.242 e. The molecule has 1 aromatic heterocycles. The van der Waals surface area contributed by atoms with Crippen molar-refractivity contribution in [1.82, 2.24) is 9.29 Å². The molecule has 0 saturated heterocycles. The number of hydrogen-bond donors (Lipinski definition) is 2. The Bertz CT molecular complexity index is 547. The molecular formula is C13H22N2O4S. The Balaban J connectivity index is 2.01. The molecule has 0 bridgehead atoms. The van der Waals surface area contributed by atoms with Gasteiger partial charge in [-0.05, 0) is 32.8 Å². The van der Waals surface area contributed by atoms with Crippen molar-refractivity contribution in [1.29, 1.82) is 0 Å². The second kappa shape index (κ2) is 6.26. The van der Waals surface area contributed by atoms with E-state index in [1.807, 2.05) is 18.4 Å². The molecule has 0 aromatic carbocycles. The second-order valence-corrected chi connectivity index (χ2v) is 7.05. The first-order chi connectivity index (χ1) is 9.44. The molecule has 1 aliphatic rings. The maximum absolute atomic E-state index is 12.1. The number of hydrogen-bond acceptors (Lipinski definition) is 4. The second-order valence-electron chi connectivity index (χ2n) is 5.28. The van der Waals surface area contributed by atoms with Crippen LogP contribution in [0.5, 0.6) is 0 Å². The molecule has 7 heteroatoms. The van der Waals surface area contributed by atoms with Crippen LogP contribution in [0.25, 0.3) is 0 Å². The summed E-state index contributed by atoms with van der Waals surface area (Å²) >= 11 is 0. The predicted octanol–water partition coefficient (Wildman–Crippen LogP) is 1.02. The van der Waals surface area contributed by atoms with Crippen LogP contribution < -0.4 is 4.72 Å². The van der Waals surface area contributed by atoms with E-state index in [-0.39, 0.29) is 24.2 Å². The minimum absolute atomic E-state index is 0.0800. The Morgan fingerprint density at radius 1 is 1.50 bits per heavy atom. The van der Waals surface area contributed by atoms with Gasteiger partial charge in [0.2, 0.25) is 10.0 Å². The molecule has 2 N–H and O–H groups in total. The lowest BCUT2D eigenvalue weighted by atomic mass is 10.4. The van der Waals surface area contributed by atoms with Crippen molar-refractivity contribution in [3.05, 3.63) is 18.0 Å². The SMILES string of the molecule is CC(C)OCCNS(=O)(=O)c1cc(CO)n(C2CC2)c1. The number of ether oxygens (including phenoxy) is 1. The Morgan fingerprint density at radius 2 is 2.20 bits per heavy atom. The summed E-state index contributed by atoms with van der Waals surface area (Å²) in [5, 5.41) is 9.29. The summed E-state index contributed by atoms with van der Waals surface area (Å²) in [6.07, 6.45) is 3.76. The monoisotopic (exact) mass is 302 g/mol. The Hall–Kier alpha value is -0.890. The van der Waals surface area contributed by atoms with Gasteiger partial charge in [0.05, 0.1) is 24.2 Å². The molecule has 1 heterocycles. The van der Waals surface area contributed by atoms with Crippen molar-refractivity contribution in [3.8, 4) is 0 Å². The summed E-state index contributed by atoms with van der Waals surface area (Å²) in [5.74, 6) is 0. The Morgan fingerprint density at radius 3 is 2.75 bits per heavy atom. The van der Waals surface area contributed by atoms with Gasteiger partial charge in [0, 0.05) is 24.5 Å². The van der Waals surface area contributed by atoms with Crippen molar-refractivity contribution in [2.75, 3.05) is 13.2 Å². The number of aliphatic hydroxyl groups excluding tert-OH is 1. The number of nitrogens with one attached hydrogen (secondary N) is 1. The van der Waals surface area contributed by atoms with Gasteiger partial charge in [-0.15, -0.1) is 0 Å². The van der Waals surface area contributed by atoms with E-state index in [0.29, 0.717) is 18.3 Å². The third kappa shape index (κ3) is 3.82. The highest BCUT2D eigenvalue weighted by Gasteiger charge is 2.27. The lowest BCUT2D eigenvalue weighted by Gasteiger charge is -2.08. The van der Waals surface area contributed by atoms with Crippen LogP contribution in [0.2, 0.25) is 0 Å². The van der Waals surface area contributed by atoms with Gasteiger partial charge in [0.25, 0.3) is 0 Å². The van der Waals surface area contributed by atoms with Crippen LogP contribution in [0.3, 0.4) is 0 Å². The van der Waals surface area contributed by atoms with Gasteiger partial charge in [-0.25, -0.2) is 13.1 Å².